The fraction of sp³-hybridized carbons (Fsp3) is 0.318. The number of hydrogen-bond donors (Lipinski definition) is 2. The van der Waals surface area contributed by atoms with Crippen LogP contribution in [0, 0.1) is 20.8 Å². The number of fused-ring (bicyclic) bond motifs is 1. The average molecular weight is 556 g/mol. The van der Waals surface area contributed by atoms with Crippen LogP contribution < -0.4 is 4.72 Å². The van der Waals surface area contributed by atoms with Crippen LogP contribution in [0.4, 0.5) is 5.69 Å². The topological polar surface area (TPSA) is 71.2 Å². The number of anilines is 1. The van der Waals surface area contributed by atoms with E-state index in [1.54, 1.807) is 8.93 Å². The SMILES string of the molecule is COC(=O)Cc1c(C)c(NS(=O)CCSI)c2[nH]c(C)cc2c1-c1ccc(C)cc1. The summed E-state index contributed by atoms with van der Waals surface area (Å²) >= 11 is 2.21. The van der Waals surface area contributed by atoms with Crippen molar-refractivity contribution in [1.29, 1.82) is 0 Å². The molecule has 1 atom stereocenters. The number of aryl methyl sites for hydroxylation is 2. The van der Waals surface area contributed by atoms with E-state index in [2.05, 4.69) is 68.2 Å². The first-order valence-corrected chi connectivity index (χ1v) is 14.4. The molecular weight excluding hydrogens is 531 g/mol. The van der Waals surface area contributed by atoms with Crippen LogP contribution in [-0.2, 0) is 26.9 Å². The van der Waals surface area contributed by atoms with E-state index in [4.69, 9.17) is 4.74 Å². The molecule has 0 spiro atoms. The van der Waals surface area contributed by atoms with E-state index in [1.807, 2.05) is 13.8 Å². The van der Waals surface area contributed by atoms with Gasteiger partial charge in [0.25, 0.3) is 0 Å². The molecule has 0 bridgehead atoms. The Hall–Kier alpha value is -1.52. The molecule has 2 N–H and O–H groups in total. The van der Waals surface area contributed by atoms with Gasteiger partial charge in [0, 0.05) is 16.8 Å². The zero-order valence-corrected chi connectivity index (χ0v) is 21.2. The highest BCUT2D eigenvalue weighted by Gasteiger charge is 2.22. The molecule has 2 aromatic carbocycles. The Labute approximate surface area is 195 Å². The van der Waals surface area contributed by atoms with Crippen LogP contribution in [0.5, 0.6) is 0 Å². The van der Waals surface area contributed by atoms with Gasteiger partial charge >= 0.3 is 5.97 Å². The molecule has 0 aliphatic rings. The summed E-state index contributed by atoms with van der Waals surface area (Å²) in [5.41, 5.74) is 7.71. The third-order valence-corrected chi connectivity index (χ3v) is 8.00. The quantitative estimate of drug-likeness (QED) is 0.279. The van der Waals surface area contributed by atoms with Gasteiger partial charge in [0.2, 0.25) is 0 Å². The van der Waals surface area contributed by atoms with E-state index in [0.29, 0.717) is 5.75 Å². The number of methoxy groups -OCH3 is 1. The van der Waals surface area contributed by atoms with Crippen molar-refractivity contribution in [2.75, 3.05) is 23.3 Å². The number of benzene rings is 2. The fourth-order valence-electron chi connectivity index (χ4n) is 3.56. The second-order valence-corrected chi connectivity index (χ2v) is 11.0. The van der Waals surface area contributed by atoms with Crippen molar-refractivity contribution in [2.24, 2.45) is 0 Å². The molecule has 3 rings (SSSR count). The van der Waals surface area contributed by atoms with E-state index in [-0.39, 0.29) is 12.4 Å². The van der Waals surface area contributed by atoms with Gasteiger partial charge in [-0.3, -0.25) is 4.79 Å². The number of aromatic amines is 1. The Kier molecular flexibility index (Phi) is 7.86. The number of hydrogen-bond acceptors (Lipinski definition) is 4. The monoisotopic (exact) mass is 556 g/mol. The molecule has 0 saturated heterocycles. The predicted molar refractivity (Wildman–Crippen MR) is 137 cm³/mol. The molecule has 0 aliphatic heterocycles. The van der Waals surface area contributed by atoms with Crippen LogP contribution in [0.2, 0.25) is 0 Å². The molecule has 3 aromatic rings. The van der Waals surface area contributed by atoms with Gasteiger partial charge in [0.05, 0.1) is 30.5 Å². The molecule has 8 heteroatoms. The summed E-state index contributed by atoms with van der Waals surface area (Å²) in [4.78, 5) is 15.7. The molecule has 1 unspecified atom stereocenters. The number of aromatic nitrogens is 1. The molecule has 0 fully saturated rings. The van der Waals surface area contributed by atoms with E-state index in [0.717, 1.165) is 50.3 Å². The Balaban J connectivity index is 2.27. The van der Waals surface area contributed by atoms with Crippen molar-refractivity contribution in [1.82, 2.24) is 4.98 Å². The number of H-pyrrole nitrogens is 1. The molecule has 30 heavy (non-hydrogen) atoms. The van der Waals surface area contributed by atoms with Crippen molar-refractivity contribution in [3.05, 3.63) is 52.7 Å². The molecule has 0 radical (unpaired) electrons. The van der Waals surface area contributed by atoms with Crippen molar-refractivity contribution in [2.45, 2.75) is 27.2 Å². The first-order valence-electron chi connectivity index (χ1n) is 9.52. The minimum Gasteiger partial charge on any atom is -0.469 e. The summed E-state index contributed by atoms with van der Waals surface area (Å²) in [5, 5.41) is 1.00. The lowest BCUT2D eigenvalue weighted by Crippen LogP contribution is -2.14. The minimum atomic E-state index is -1.22. The van der Waals surface area contributed by atoms with Gasteiger partial charge in [-0.05, 0) is 70.3 Å². The highest BCUT2D eigenvalue weighted by atomic mass is 127. The maximum absolute atomic E-state index is 12.6. The van der Waals surface area contributed by atoms with Crippen LogP contribution >= 0.6 is 30.1 Å². The average Bonchev–Trinajstić information content (AvgIpc) is 3.11. The Morgan fingerprint density at radius 1 is 1.23 bits per heavy atom. The molecule has 0 aliphatic carbocycles. The fourth-order valence-corrected chi connectivity index (χ4v) is 6.62. The van der Waals surface area contributed by atoms with Crippen molar-refractivity contribution < 1.29 is 13.7 Å². The van der Waals surface area contributed by atoms with Crippen molar-refractivity contribution in [3.8, 4) is 11.1 Å². The van der Waals surface area contributed by atoms with E-state index in [1.165, 1.54) is 12.7 Å². The third kappa shape index (κ3) is 5.03. The Bertz CT molecular complexity index is 1090. The Morgan fingerprint density at radius 2 is 1.93 bits per heavy atom. The molecule has 0 saturated carbocycles. The van der Waals surface area contributed by atoms with Gasteiger partial charge in [-0.1, -0.05) is 38.8 Å². The highest BCUT2D eigenvalue weighted by molar-refractivity contribution is 14.2. The van der Waals surface area contributed by atoms with Crippen molar-refractivity contribution in [3.63, 3.8) is 0 Å². The minimum absolute atomic E-state index is 0.149. The summed E-state index contributed by atoms with van der Waals surface area (Å²) < 4.78 is 20.8. The lowest BCUT2D eigenvalue weighted by molar-refractivity contribution is -0.139. The first-order chi connectivity index (χ1) is 14.3. The van der Waals surface area contributed by atoms with Gasteiger partial charge in [-0.2, -0.15) is 0 Å². The van der Waals surface area contributed by atoms with E-state index < -0.39 is 11.0 Å². The number of carbonyl (C=O) groups excluding carboxylic acids is 1. The van der Waals surface area contributed by atoms with Gasteiger partial charge in [-0.15, -0.1) is 0 Å². The zero-order chi connectivity index (χ0) is 21.8. The maximum Gasteiger partial charge on any atom is 0.310 e. The largest absolute Gasteiger partial charge is 0.469 e. The normalized spacial score (nSPS) is 12.2. The molecule has 1 heterocycles. The lowest BCUT2D eigenvalue weighted by atomic mass is 9.89. The summed E-state index contributed by atoms with van der Waals surface area (Å²) in [6.45, 7) is 6.02. The molecule has 1 aromatic heterocycles. The molecule has 0 amide bonds. The number of rotatable bonds is 8. The Morgan fingerprint density at radius 3 is 2.57 bits per heavy atom. The second-order valence-electron chi connectivity index (χ2n) is 7.18. The summed E-state index contributed by atoms with van der Waals surface area (Å²) in [6.07, 6.45) is 0.149. The van der Waals surface area contributed by atoms with E-state index in [9.17, 15) is 9.00 Å². The number of nitrogens with one attached hydrogen (secondary N) is 2. The molecular formula is C22H25IN2O3S2. The van der Waals surface area contributed by atoms with Gasteiger partial charge in [0.1, 0.15) is 11.0 Å². The van der Waals surface area contributed by atoms with Crippen molar-refractivity contribution >= 4 is 63.7 Å². The number of esters is 1. The van der Waals surface area contributed by atoms with Gasteiger partial charge in [0.15, 0.2) is 0 Å². The highest BCUT2D eigenvalue weighted by Crippen LogP contribution is 2.41. The molecule has 160 valence electrons. The lowest BCUT2D eigenvalue weighted by Gasteiger charge is -2.19. The smallest absolute Gasteiger partial charge is 0.310 e. The number of ether oxygens (including phenoxy) is 1. The zero-order valence-electron chi connectivity index (χ0n) is 17.4. The van der Waals surface area contributed by atoms with Crippen LogP contribution in [0.1, 0.15) is 22.4 Å². The summed E-state index contributed by atoms with van der Waals surface area (Å²) in [7, 11) is 1.82. The third-order valence-electron chi connectivity index (χ3n) is 5.05. The van der Waals surface area contributed by atoms with Gasteiger partial charge < -0.3 is 14.4 Å². The predicted octanol–water partition coefficient (Wildman–Crippen LogP) is 5.63. The van der Waals surface area contributed by atoms with Crippen LogP contribution in [0.3, 0.4) is 0 Å². The first kappa shape index (κ1) is 23.1. The number of carbonyl (C=O) groups is 1. The number of halogens is 1. The second kappa shape index (κ2) is 10.2. The van der Waals surface area contributed by atoms with E-state index >= 15 is 0 Å². The van der Waals surface area contributed by atoms with Gasteiger partial charge in [-0.25, -0.2) is 4.21 Å². The summed E-state index contributed by atoms with van der Waals surface area (Å²) in [5.74, 6) is 1.04. The maximum atomic E-state index is 12.6. The molecule has 5 nitrogen and oxygen atoms in total. The van der Waals surface area contributed by atoms with Crippen LogP contribution in [0.25, 0.3) is 22.0 Å². The van der Waals surface area contributed by atoms with Crippen LogP contribution in [0.15, 0.2) is 30.3 Å². The van der Waals surface area contributed by atoms with Crippen LogP contribution in [-0.4, -0.2) is 33.8 Å². The standard InChI is InChI=1S/C22H25IN2O3S2/c1-13-5-7-16(8-6-13)20-17(12-19(26)28-4)15(3)21(25-30(27)10-9-29-23)22-18(20)11-14(2)24-22/h5-8,11,24-25H,9-10,12H2,1-4H3. The summed E-state index contributed by atoms with van der Waals surface area (Å²) in [6, 6.07) is 10.4.